The highest BCUT2D eigenvalue weighted by Gasteiger charge is 2.29. The maximum Gasteiger partial charge on any atom is 0.472 e. The highest BCUT2D eigenvalue weighted by atomic mass is 31.2. The molecule has 0 aromatic carbocycles. The molecule has 0 spiro atoms. The SMILES string of the molecule is CC/C=C\C/C=C\C/C=C\C/C=C\C/C=C\CCCCCCCCCCCCCCCCCC(=O)OCC(O)COP(=O)(O)OCC(O)COP(=O)(O)OCC(COC(=O)CCCCCCCCCCCCCCCCC/C=C\C/C=C\C/C=C\C/C=C\C/C=C\CC)OC(=O)CCCCCC/C=C\C/C=C\C/C=C\C/C=C\CC. The van der Waals surface area contributed by atoms with E-state index in [1.165, 1.54) is 148 Å². The number of esters is 3. The van der Waals surface area contributed by atoms with Gasteiger partial charge in [-0.15, -0.1) is 0 Å². The normalized spacial score (nSPS) is 14.6. The largest absolute Gasteiger partial charge is 0.472 e. The number of phosphoric ester groups is 2. The minimum atomic E-state index is -4.95. The topological polar surface area (TPSA) is 231 Å². The third kappa shape index (κ3) is 89.5. The van der Waals surface area contributed by atoms with E-state index < -0.39 is 91.5 Å². The zero-order chi connectivity index (χ0) is 83.6. The van der Waals surface area contributed by atoms with Crippen molar-refractivity contribution in [3.8, 4) is 0 Å². The van der Waals surface area contributed by atoms with Gasteiger partial charge < -0.3 is 34.2 Å². The third-order valence-corrected chi connectivity index (χ3v) is 20.8. The second-order valence-electron chi connectivity index (χ2n) is 30.0. The smallest absolute Gasteiger partial charge is 0.463 e. The van der Waals surface area contributed by atoms with Crippen LogP contribution in [0.3, 0.4) is 0 Å². The van der Waals surface area contributed by atoms with Crippen molar-refractivity contribution in [3.63, 3.8) is 0 Å². The molecule has 0 aliphatic carbocycles. The van der Waals surface area contributed by atoms with E-state index in [1.54, 1.807) is 0 Å². The number of allylic oxidation sites excluding steroid dienone is 28. The third-order valence-electron chi connectivity index (χ3n) is 18.9. The molecule has 5 atom stereocenters. The molecule has 0 aromatic rings. The molecule has 0 amide bonds. The van der Waals surface area contributed by atoms with Gasteiger partial charge in [0.15, 0.2) is 6.10 Å². The molecule has 0 aliphatic heterocycles. The van der Waals surface area contributed by atoms with E-state index in [2.05, 4.69) is 191 Å². The van der Waals surface area contributed by atoms with Crippen LogP contribution < -0.4 is 0 Å². The number of ether oxygens (including phenoxy) is 3. The second-order valence-corrected chi connectivity index (χ2v) is 32.9. The van der Waals surface area contributed by atoms with Crippen LogP contribution in [0, 0.1) is 0 Å². The Hall–Kier alpha value is -5.09. The van der Waals surface area contributed by atoms with Crippen LogP contribution in [-0.4, -0.2) is 95.9 Å². The molecule has 658 valence electrons. The molecule has 0 heterocycles. The molecule has 0 saturated heterocycles. The first-order valence-electron chi connectivity index (χ1n) is 45.4. The van der Waals surface area contributed by atoms with Crippen LogP contribution in [0.5, 0.6) is 0 Å². The van der Waals surface area contributed by atoms with Gasteiger partial charge in [0.05, 0.1) is 26.4 Å². The van der Waals surface area contributed by atoms with E-state index in [1.807, 2.05) is 0 Å². The van der Waals surface area contributed by atoms with Crippen molar-refractivity contribution >= 4 is 33.6 Å². The van der Waals surface area contributed by atoms with Gasteiger partial charge >= 0.3 is 33.6 Å². The lowest BCUT2D eigenvalue weighted by Gasteiger charge is -2.21. The lowest BCUT2D eigenvalue weighted by molar-refractivity contribution is -0.161. The summed E-state index contributed by atoms with van der Waals surface area (Å²) in [5, 5.41) is 20.7. The van der Waals surface area contributed by atoms with Gasteiger partial charge in [-0.25, -0.2) is 9.13 Å². The van der Waals surface area contributed by atoms with Crippen LogP contribution >= 0.6 is 15.6 Å². The van der Waals surface area contributed by atoms with Crippen molar-refractivity contribution in [2.24, 2.45) is 0 Å². The number of aliphatic hydroxyl groups is 2. The molecule has 0 aliphatic rings. The van der Waals surface area contributed by atoms with Crippen LogP contribution in [0.1, 0.15) is 367 Å². The molecule has 0 fully saturated rings. The lowest BCUT2D eigenvalue weighted by atomic mass is 10.0. The van der Waals surface area contributed by atoms with Crippen LogP contribution in [-0.2, 0) is 55.8 Å². The molecule has 0 bridgehead atoms. The monoisotopic (exact) mass is 1650 g/mol. The van der Waals surface area contributed by atoms with E-state index in [9.17, 15) is 43.5 Å². The summed E-state index contributed by atoms with van der Waals surface area (Å²) in [7, 11) is -9.82. The number of rotatable bonds is 85. The number of hydrogen-bond donors (Lipinski definition) is 4. The first kappa shape index (κ1) is 110. The number of carbonyl (C=O) groups excluding carboxylic acids is 3. The fourth-order valence-electron chi connectivity index (χ4n) is 12.1. The summed E-state index contributed by atoms with van der Waals surface area (Å²) in [5.74, 6) is -1.60. The fourth-order valence-corrected chi connectivity index (χ4v) is 13.7. The zero-order valence-electron chi connectivity index (χ0n) is 72.4. The number of unbranched alkanes of at least 4 members (excludes halogenated alkanes) is 34. The van der Waals surface area contributed by atoms with Gasteiger partial charge in [0.2, 0.25) is 0 Å². The van der Waals surface area contributed by atoms with E-state index >= 15 is 0 Å². The van der Waals surface area contributed by atoms with Gasteiger partial charge in [0, 0.05) is 19.3 Å². The maximum atomic E-state index is 13.0. The van der Waals surface area contributed by atoms with Crippen LogP contribution in [0.2, 0.25) is 0 Å². The van der Waals surface area contributed by atoms with E-state index in [-0.39, 0.29) is 19.3 Å². The molecule has 18 heteroatoms. The van der Waals surface area contributed by atoms with Crippen LogP contribution in [0.25, 0.3) is 0 Å². The molecule has 0 saturated carbocycles. The average molecular weight is 1650 g/mol. The Morgan fingerprint density at radius 2 is 0.435 bits per heavy atom. The van der Waals surface area contributed by atoms with Crippen molar-refractivity contribution in [2.75, 3.05) is 39.6 Å². The number of hydrogen-bond acceptors (Lipinski definition) is 14. The number of aliphatic hydroxyl groups excluding tert-OH is 2. The van der Waals surface area contributed by atoms with Gasteiger partial charge in [-0.1, -0.05) is 371 Å². The molecule has 0 aromatic heterocycles. The average Bonchev–Trinajstić information content (AvgIpc) is 0.903. The molecule has 0 rings (SSSR count). The lowest BCUT2D eigenvalue weighted by Crippen LogP contribution is -2.30. The number of phosphoric acid groups is 2. The minimum Gasteiger partial charge on any atom is -0.463 e. The second kappa shape index (κ2) is 88.2. The first-order chi connectivity index (χ1) is 56.2. The van der Waals surface area contributed by atoms with Gasteiger partial charge in [0.1, 0.15) is 25.4 Å². The Labute approximate surface area is 701 Å². The van der Waals surface area contributed by atoms with E-state index in [0.717, 1.165) is 161 Å². The molecule has 115 heavy (non-hydrogen) atoms. The first-order valence-corrected chi connectivity index (χ1v) is 48.4. The zero-order valence-corrected chi connectivity index (χ0v) is 74.2. The molecule has 16 nitrogen and oxygen atoms in total. The summed E-state index contributed by atoms with van der Waals surface area (Å²) in [6, 6.07) is 0. The number of carbonyl (C=O) groups is 3. The maximum absolute atomic E-state index is 13.0. The van der Waals surface area contributed by atoms with E-state index in [0.29, 0.717) is 19.3 Å². The molecular formula is C97H164O16P2. The Bertz CT molecular complexity index is 2770. The van der Waals surface area contributed by atoms with Gasteiger partial charge in [-0.2, -0.15) is 0 Å². The highest BCUT2D eigenvalue weighted by Crippen LogP contribution is 2.45. The van der Waals surface area contributed by atoms with Gasteiger partial charge in [-0.3, -0.25) is 32.5 Å². The summed E-state index contributed by atoms with van der Waals surface area (Å²) < 4.78 is 61.4. The van der Waals surface area contributed by atoms with Crippen LogP contribution in [0.15, 0.2) is 170 Å². The highest BCUT2D eigenvalue weighted by molar-refractivity contribution is 7.47. The fraction of sp³-hybridized carbons (Fsp3) is 0.680. The van der Waals surface area contributed by atoms with E-state index in [4.69, 9.17) is 32.3 Å². The predicted molar refractivity (Wildman–Crippen MR) is 482 cm³/mol. The summed E-state index contributed by atoms with van der Waals surface area (Å²) >= 11 is 0. The predicted octanol–water partition coefficient (Wildman–Crippen LogP) is 27.9. The molecule has 5 unspecified atom stereocenters. The molecule has 0 radical (unpaired) electrons. The van der Waals surface area contributed by atoms with Crippen molar-refractivity contribution in [2.45, 2.75) is 386 Å². The van der Waals surface area contributed by atoms with Crippen molar-refractivity contribution in [1.29, 1.82) is 0 Å². The Morgan fingerprint density at radius 1 is 0.243 bits per heavy atom. The molecular weight excluding hydrogens is 1480 g/mol. The van der Waals surface area contributed by atoms with Crippen molar-refractivity contribution in [1.82, 2.24) is 0 Å². The Morgan fingerprint density at radius 3 is 0.687 bits per heavy atom. The van der Waals surface area contributed by atoms with Gasteiger partial charge in [0.25, 0.3) is 0 Å². The van der Waals surface area contributed by atoms with Gasteiger partial charge in [-0.05, 0) is 148 Å². The Balaban J connectivity index is 4.52. The van der Waals surface area contributed by atoms with Crippen LogP contribution in [0.4, 0.5) is 0 Å². The summed E-state index contributed by atoms with van der Waals surface area (Å²) in [6.07, 6.45) is 114. The standard InChI is InChI=1S/C97H164O16P2/c1-4-7-10-13-16-19-22-25-28-31-33-35-37-39-41-43-45-47-49-51-53-55-57-60-62-65-68-71-74-77-80-83-95(100)107-86-92(98)87-109-114(103,104)110-88-93(99)89-111-115(105,106)112-91-94(113-97(102)85-82-79-76-73-70-67-64-59-30-27-24-21-18-15-12-9-6-3)90-108-96(101)84-81-78-75-72-69-66-63-61-58-56-54-52-50-48-46-44-42-40-38-36-34-32-29-26-23-20-17-14-11-8-5-2/h7-12,16-21,25-30,33-36,39-42,64,67,92-94,98-99H,4-6,13-15,22-24,31-32,37-38,43-63,65-66,68-91H2,1-3H3,(H,103,104)(H,105,106)/b10-7-,11-8-,12-9-,19-16-,20-17-,21-18-,28-25-,29-26-,30-27-,35-33-,36-34-,41-39-,42-40-,67-64-. The minimum absolute atomic E-state index is 0.0735. The molecule has 4 N–H and O–H groups in total. The summed E-state index contributed by atoms with van der Waals surface area (Å²) in [4.78, 5) is 58.9. The quantitative estimate of drug-likeness (QED) is 0.0146. The van der Waals surface area contributed by atoms with Crippen molar-refractivity contribution in [3.05, 3.63) is 170 Å². The van der Waals surface area contributed by atoms with Crippen molar-refractivity contribution < 1.29 is 75.8 Å². The summed E-state index contributed by atoms with van der Waals surface area (Å²) in [6.45, 7) is 2.35. The Kier molecular flexibility index (Phi) is 84.3. The summed E-state index contributed by atoms with van der Waals surface area (Å²) in [5.41, 5.74) is 0.